The molecule has 9 heteroatoms. The number of fused-ring (bicyclic) bond motifs is 3. The Kier molecular flexibility index (Phi) is 8.71. The smallest absolute Gasteiger partial charge is 0.430 e. The van der Waals surface area contributed by atoms with Gasteiger partial charge in [0.1, 0.15) is 18.6 Å². The van der Waals surface area contributed by atoms with Crippen LogP contribution in [0.15, 0.2) is 60.7 Å². The maximum atomic E-state index is 13.7. The van der Waals surface area contributed by atoms with E-state index < -0.39 is 23.7 Å². The summed E-state index contributed by atoms with van der Waals surface area (Å²) in [5.74, 6) is -3.09. The zero-order valence-corrected chi connectivity index (χ0v) is 22.1. The summed E-state index contributed by atoms with van der Waals surface area (Å²) >= 11 is 0. The van der Waals surface area contributed by atoms with Gasteiger partial charge < -0.3 is 24.2 Å². The van der Waals surface area contributed by atoms with Crippen molar-refractivity contribution in [1.29, 1.82) is 0 Å². The quantitative estimate of drug-likeness (QED) is 0.431. The summed E-state index contributed by atoms with van der Waals surface area (Å²) in [7, 11) is 0. The largest absolute Gasteiger partial charge is 0.542 e. The minimum atomic E-state index is -5.19. The molecule has 3 atom stereocenters. The molecule has 6 rings (SSSR count). The number of rotatable bonds is 6. The van der Waals surface area contributed by atoms with Crippen molar-refractivity contribution in [3.05, 3.63) is 71.8 Å². The second kappa shape index (κ2) is 11.7. The molecule has 2 aromatic carbocycles. The van der Waals surface area contributed by atoms with Crippen LogP contribution in [0.1, 0.15) is 62.6 Å². The molecule has 0 aromatic heterocycles. The molecule has 3 aliphatic heterocycles. The van der Waals surface area contributed by atoms with Gasteiger partial charge in [-0.3, -0.25) is 0 Å². The lowest BCUT2D eigenvalue weighted by Crippen LogP contribution is -2.65. The summed E-state index contributed by atoms with van der Waals surface area (Å²) in [6.45, 7) is 5.45. The van der Waals surface area contributed by atoms with Gasteiger partial charge in [0.25, 0.3) is 0 Å². The zero-order chi connectivity index (χ0) is 28.3. The first-order valence-electron chi connectivity index (χ1n) is 13.7. The van der Waals surface area contributed by atoms with Crippen LogP contribution >= 0.6 is 0 Å². The number of carbonyl (C=O) groups is 2. The van der Waals surface area contributed by atoms with Crippen molar-refractivity contribution in [2.24, 2.45) is 11.8 Å². The van der Waals surface area contributed by atoms with E-state index in [1.807, 2.05) is 30.3 Å². The predicted octanol–water partition coefficient (Wildman–Crippen LogP) is 4.28. The third-order valence-electron chi connectivity index (χ3n) is 9.02. The fourth-order valence-corrected chi connectivity index (χ4v) is 6.67. The van der Waals surface area contributed by atoms with Gasteiger partial charge in [0.15, 0.2) is 11.7 Å². The molecule has 6 nitrogen and oxygen atoms in total. The lowest BCUT2D eigenvalue weighted by Gasteiger charge is -2.55. The van der Waals surface area contributed by atoms with Crippen molar-refractivity contribution < 1.29 is 42.2 Å². The van der Waals surface area contributed by atoms with Gasteiger partial charge in [-0.15, -0.1) is 0 Å². The van der Waals surface area contributed by atoms with Crippen molar-refractivity contribution in [2.45, 2.75) is 69.4 Å². The van der Waals surface area contributed by atoms with Crippen molar-refractivity contribution >= 4 is 11.9 Å². The highest BCUT2D eigenvalue weighted by Gasteiger charge is 2.54. The van der Waals surface area contributed by atoms with Crippen molar-refractivity contribution in [3.63, 3.8) is 0 Å². The molecule has 39 heavy (non-hydrogen) atoms. The lowest BCUT2D eigenvalue weighted by atomic mass is 9.79. The summed E-state index contributed by atoms with van der Waals surface area (Å²) in [5.41, 5.74) is 0.490. The Bertz CT molecular complexity index is 1110. The Morgan fingerprint density at radius 3 is 1.97 bits per heavy atom. The van der Waals surface area contributed by atoms with Crippen LogP contribution in [-0.2, 0) is 19.9 Å². The van der Waals surface area contributed by atoms with Gasteiger partial charge in [0.2, 0.25) is 0 Å². The number of carboxylic acids is 1. The minimum Gasteiger partial charge on any atom is -0.542 e. The number of benzene rings is 2. The van der Waals surface area contributed by atoms with Crippen LogP contribution in [0, 0.1) is 11.8 Å². The molecule has 2 aromatic rings. The van der Waals surface area contributed by atoms with Crippen LogP contribution in [-0.4, -0.2) is 53.4 Å². The lowest BCUT2D eigenvalue weighted by molar-refractivity contribution is -0.972. The van der Waals surface area contributed by atoms with Crippen molar-refractivity contribution in [3.8, 4) is 0 Å². The standard InChI is InChI=1S/C28H36NO3.C2HF3O2/c1-21(22-10-4-2-5-11-22)29-18-16-23(17-19-29)26(20-29)32-27(30)28(31,25-14-8-9-15-25)24-12-6-3-7-13-24;3-2(4,5)1(6)7/h2-7,10-13,21,23,25-26,31H,8-9,14-20H2,1H3;(H,6,7)/q+1;/p-1/t21?,23?,26-,28+,29?;/m0./s1. The maximum Gasteiger partial charge on any atom is 0.430 e. The van der Waals surface area contributed by atoms with E-state index in [2.05, 4.69) is 37.3 Å². The molecule has 0 radical (unpaired) electrons. The number of ether oxygens (including phenoxy) is 1. The first-order chi connectivity index (χ1) is 18.5. The maximum absolute atomic E-state index is 13.7. The molecule has 1 N–H and O–H groups in total. The Labute approximate surface area is 227 Å². The first-order valence-corrected chi connectivity index (χ1v) is 13.7. The van der Waals surface area contributed by atoms with E-state index in [1.165, 1.54) is 5.56 Å². The van der Waals surface area contributed by atoms with Crippen LogP contribution in [0.4, 0.5) is 13.2 Å². The SMILES string of the molecule is CC(c1ccccc1)[N+]12CCC(CC1)[C@@H](OC(=O)[C@@](O)(c1ccccc1)C1CCCC1)C2.O=C([O-])C(F)(F)F. The molecule has 4 fully saturated rings. The summed E-state index contributed by atoms with van der Waals surface area (Å²) in [4.78, 5) is 22.4. The number of aliphatic hydroxyl groups is 1. The van der Waals surface area contributed by atoms with E-state index in [9.17, 15) is 23.1 Å². The molecule has 0 amide bonds. The molecule has 1 aliphatic carbocycles. The number of alkyl halides is 3. The van der Waals surface area contributed by atoms with E-state index in [4.69, 9.17) is 14.6 Å². The van der Waals surface area contributed by atoms with E-state index in [1.54, 1.807) is 0 Å². The number of hydrogen-bond donors (Lipinski definition) is 1. The molecule has 2 bridgehead atoms. The summed E-state index contributed by atoms with van der Waals surface area (Å²) < 4.78 is 38.8. The average Bonchev–Trinajstić information content (AvgIpc) is 3.49. The fourth-order valence-electron chi connectivity index (χ4n) is 6.67. The Morgan fingerprint density at radius 1 is 0.949 bits per heavy atom. The molecule has 212 valence electrons. The number of hydrogen-bond acceptors (Lipinski definition) is 5. The number of carbonyl (C=O) groups excluding carboxylic acids is 2. The summed E-state index contributed by atoms with van der Waals surface area (Å²) in [6.07, 6.45) is 0.735. The van der Waals surface area contributed by atoms with Crippen molar-refractivity contribution in [1.82, 2.24) is 0 Å². The average molecular weight is 548 g/mol. The van der Waals surface area contributed by atoms with Gasteiger partial charge in [0.05, 0.1) is 13.1 Å². The second-order valence-electron chi connectivity index (χ2n) is 11.1. The molecule has 1 saturated carbocycles. The number of quaternary nitrogens is 1. The van der Waals surface area contributed by atoms with Crippen LogP contribution in [0.5, 0.6) is 0 Å². The van der Waals surface area contributed by atoms with E-state index in [-0.39, 0.29) is 12.0 Å². The number of esters is 1. The van der Waals surface area contributed by atoms with Gasteiger partial charge in [-0.2, -0.15) is 13.2 Å². The number of aliphatic carboxylic acids is 1. The predicted molar refractivity (Wildman–Crippen MR) is 136 cm³/mol. The van der Waals surface area contributed by atoms with Gasteiger partial charge in [-0.05, 0) is 25.3 Å². The molecule has 4 aliphatic rings. The Balaban J connectivity index is 0.000000448. The van der Waals surface area contributed by atoms with Crippen LogP contribution in [0.2, 0.25) is 0 Å². The second-order valence-corrected chi connectivity index (χ2v) is 11.1. The normalized spacial score (nSPS) is 27.1. The molecular weight excluding hydrogens is 511 g/mol. The van der Waals surface area contributed by atoms with E-state index in [0.29, 0.717) is 17.5 Å². The highest BCUT2D eigenvalue weighted by Crippen LogP contribution is 2.45. The Hall–Kier alpha value is -2.91. The summed E-state index contributed by atoms with van der Waals surface area (Å²) in [6, 6.07) is 20.6. The number of piperidine rings is 3. The van der Waals surface area contributed by atoms with Crippen LogP contribution in [0.25, 0.3) is 0 Å². The van der Waals surface area contributed by atoms with Crippen LogP contribution in [0.3, 0.4) is 0 Å². The van der Waals surface area contributed by atoms with Gasteiger partial charge in [0, 0.05) is 30.2 Å². The van der Waals surface area contributed by atoms with E-state index >= 15 is 0 Å². The van der Waals surface area contributed by atoms with Gasteiger partial charge >= 0.3 is 12.1 Å². The number of carboxylic acid groups (broad SMARTS) is 1. The topological polar surface area (TPSA) is 86.7 Å². The zero-order valence-electron chi connectivity index (χ0n) is 22.1. The molecule has 1 unspecified atom stereocenters. The first kappa shape index (κ1) is 29.1. The van der Waals surface area contributed by atoms with E-state index in [0.717, 1.165) is 62.6 Å². The van der Waals surface area contributed by atoms with Gasteiger partial charge in [-0.25, -0.2) is 4.79 Å². The monoisotopic (exact) mass is 547 g/mol. The Morgan fingerprint density at radius 2 is 1.46 bits per heavy atom. The summed E-state index contributed by atoms with van der Waals surface area (Å²) in [5, 5.41) is 20.6. The molecular formula is C30H36F3NO5. The highest BCUT2D eigenvalue weighted by atomic mass is 19.4. The van der Waals surface area contributed by atoms with Crippen molar-refractivity contribution in [2.75, 3.05) is 19.6 Å². The number of halogens is 3. The fraction of sp³-hybridized carbons (Fsp3) is 0.533. The molecule has 3 saturated heterocycles. The highest BCUT2D eigenvalue weighted by molar-refractivity contribution is 5.82. The minimum absolute atomic E-state index is 0.0649. The van der Waals surface area contributed by atoms with Gasteiger partial charge in [-0.1, -0.05) is 73.5 Å². The third kappa shape index (κ3) is 6.14. The number of nitrogens with zero attached hydrogens (tertiary/aromatic N) is 1. The third-order valence-corrected chi connectivity index (χ3v) is 9.02. The molecule has 0 spiro atoms. The van der Waals surface area contributed by atoms with Crippen LogP contribution < -0.4 is 5.11 Å². The molecule has 3 heterocycles.